The zero-order valence-electron chi connectivity index (χ0n) is 13.6. The molecule has 0 bridgehead atoms. The third kappa shape index (κ3) is 5.74. The molecular weight excluding hydrogens is 440 g/mol. The van der Waals surface area contributed by atoms with E-state index >= 15 is 0 Å². The van der Waals surface area contributed by atoms with E-state index in [1.165, 1.54) is 42.5 Å². The number of nitrogens with one attached hydrogen (secondary N) is 1. The summed E-state index contributed by atoms with van der Waals surface area (Å²) in [7, 11) is 0. The van der Waals surface area contributed by atoms with Crippen molar-refractivity contribution in [2.75, 3.05) is 11.9 Å². The highest BCUT2D eigenvalue weighted by Crippen LogP contribution is 2.35. The molecule has 2 rings (SSSR count). The number of nitrogens with zero attached hydrogens (tertiary/aromatic N) is 1. The normalized spacial score (nSPS) is 10.8. The Kier molecular flexibility index (Phi) is 6.82. The van der Waals surface area contributed by atoms with Crippen LogP contribution in [0.25, 0.3) is 6.08 Å². The Morgan fingerprint density at radius 3 is 2.52 bits per heavy atom. The van der Waals surface area contributed by atoms with Gasteiger partial charge in [0.15, 0.2) is 12.4 Å². The van der Waals surface area contributed by atoms with Crippen LogP contribution in [0.2, 0.25) is 5.02 Å². The summed E-state index contributed by atoms with van der Waals surface area (Å²) in [6.45, 7) is -0.564. The number of ether oxygens (including phenoxy) is 1. The van der Waals surface area contributed by atoms with E-state index in [1.807, 2.05) is 6.07 Å². The number of carbonyl (C=O) groups is 2. The van der Waals surface area contributed by atoms with Crippen LogP contribution in [0.15, 0.2) is 46.4 Å². The molecule has 0 heterocycles. The van der Waals surface area contributed by atoms with Gasteiger partial charge in [0.25, 0.3) is 5.91 Å². The van der Waals surface area contributed by atoms with Crippen molar-refractivity contribution in [1.29, 1.82) is 5.26 Å². The molecule has 0 radical (unpaired) electrons. The number of aromatic hydroxyl groups is 1. The van der Waals surface area contributed by atoms with Gasteiger partial charge >= 0.3 is 5.97 Å². The molecule has 0 atom stereocenters. The van der Waals surface area contributed by atoms with Crippen molar-refractivity contribution >= 4 is 51.2 Å². The van der Waals surface area contributed by atoms with E-state index in [0.29, 0.717) is 15.7 Å². The van der Waals surface area contributed by atoms with Crippen molar-refractivity contribution in [3.05, 3.63) is 57.0 Å². The fourth-order valence-electron chi connectivity index (χ4n) is 1.99. The minimum atomic E-state index is -1.15. The SMILES string of the molecule is N#C/C(=C/c1cc(Cl)c(OCC(=O)O)c(Br)c1)C(=O)Nc1ccc(O)cc1. The van der Waals surface area contributed by atoms with E-state index in [9.17, 15) is 20.0 Å². The number of halogens is 2. The number of hydrogen-bond donors (Lipinski definition) is 3. The third-order valence-corrected chi connectivity index (χ3v) is 4.03. The molecule has 3 N–H and O–H groups in total. The maximum Gasteiger partial charge on any atom is 0.341 e. The van der Waals surface area contributed by atoms with Crippen molar-refractivity contribution in [3.63, 3.8) is 0 Å². The van der Waals surface area contributed by atoms with Crippen LogP contribution in [0.5, 0.6) is 11.5 Å². The maximum absolute atomic E-state index is 12.2. The Balaban J connectivity index is 2.23. The molecule has 0 aliphatic heterocycles. The van der Waals surface area contributed by atoms with Crippen molar-refractivity contribution in [3.8, 4) is 17.6 Å². The van der Waals surface area contributed by atoms with E-state index in [1.54, 1.807) is 0 Å². The minimum absolute atomic E-state index is 0.0498. The third-order valence-electron chi connectivity index (χ3n) is 3.16. The molecule has 0 saturated carbocycles. The predicted molar refractivity (Wildman–Crippen MR) is 103 cm³/mol. The van der Waals surface area contributed by atoms with Gasteiger partial charge in [-0.2, -0.15) is 5.26 Å². The molecule has 0 aromatic heterocycles. The van der Waals surface area contributed by atoms with Crippen molar-refractivity contribution in [2.24, 2.45) is 0 Å². The van der Waals surface area contributed by atoms with Gasteiger partial charge in [0.05, 0.1) is 9.50 Å². The van der Waals surface area contributed by atoms with Crippen LogP contribution >= 0.6 is 27.5 Å². The van der Waals surface area contributed by atoms with E-state index < -0.39 is 18.5 Å². The molecule has 1 amide bonds. The zero-order valence-corrected chi connectivity index (χ0v) is 15.9. The number of amides is 1. The minimum Gasteiger partial charge on any atom is -0.508 e. The number of carboxylic acids is 1. The summed E-state index contributed by atoms with van der Waals surface area (Å²) in [5.74, 6) is -1.60. The van der Waals surface area contributed by atoms with Crippen LogP contribution in [-0.2, 0) is 9.59 Å². The molecule has 27 heavy (non-hydrogen) atoms. The second kappa shape index (κ2) is 9.07. The van der Waals surface area contributed by atoms with Gasteiger partial charge in [0.2, 0.25) is 0 Å². The molecule has 0 saturated heterocycles. The Morgan fingerprint density at radius 2 is 1.96 bits per heavy atom. The maximum atomic E-state index is 12.2. The van der Waals surface area contributed by atoms with Gasteiger partial charge in [-0.3, -0.25) is 4.79 Å². The van der Waals surface area contributed by atoms with Crippen LogP contribution in [0.4, 0.5) is 5.69 Å². The first-order chi connectivity index (χ1) is 12.8. The monoisotopic (exact) mass is 450 g/mol. The molecule has 7 nitrogen and oxygen atoms in total. The number of nitriles is 1. The lowest BCUT2D eigenvalue weighted by molar-refractivity contribution is -0.139. The highest BCUT2D eigenvalue weighted by Gasteiger charge is 2.13. The van der Waals surface area contributed by atoms with Gasteiger partial charge < -0.3 is 20.3 Å². The van der Waals surface area contributed by atoms with E-state index in [0.717, 1.165) is 0 Å². The summed E-state index contributed by atoms with van der Waals surface area (Å²) in [5.41, 5.74) is 0.674. The van der Waals surface area contributed by atoms with E-state index in [2.05, 4.69) is 21.2 Å². The number of benzene rings is 2. The summed E-state index contributed by atoms with van der Waals surface area (Å²) < 4.78 is 5.46. The highest BCUT2D eigenvalue weighted by atomic mass is 79.9. The van der Waals surface area contributed by atoms with Crippen LogP contribution < -0.4 is 10.1 Å². The van der Waals surface area contributed by atoms with E-state index in [4.69, 9.17) is 21.4 Å². The Hall–Kier alpha value is -3.02. The van der Waals surface area contributed by atoms with Crippen LogP contribution in [0.1, 0.15) is 5.56 Å². The quantitative estimate of drug-likeness (QED) is 0.349. The zero-order chi connectivity index (χ0) is 20.0. The van der Waals surface area contributed by atoms with E-state index in [-0.39, 0.29) is 22.1 Å². The summed E-state index contributed by atoms with van der Waals surface area (Å²) in [6.07, 6.45) is 1.33. The first-order valence-electron chi connectivity index (χ1n) is 7.36. The number of hydrogen-bond acceptors (Lipinski definition) is 5. The molecule has 0 unspecified atom stereocenters. The lowest BCUT2D eigenvalue weighted by atomic mass is 10.1. The topological polar surface area (TPSA) is 120 Å². The van der Waals surface area contributed by atoms with Gasteiger partial charge in [-0.05, 0) is 64.0 Å². The number of aliphatic carboxylic acids is 1. The molecule has 0 spiro atoms. The number of rotatable bonds is 6. The van der Waals surface area contributed by atoms with Gasteiger partial charge in [0, 0.05) is 5.69 Å². The first kappa shape index (κ1) is 20.3. The smallest absolute Gasteiger partial charge is 0.341 e. The van der Waals surface area contributed by atoms with Crippen LogP contribution in [-0.4, -0.2) is 28.7 Å². The van der Waals surface area contributed by atoms with Gasteiger partial charge in [-0.25, -0.2) is 4.79 Å². The van der Waals surface area contributed by atoms with Crippen molar-refractivity contribution in [1.82, 2.24) is 0 Å². The molecule has 0 aliphatic carbocycles. The van der Waals surface area contributed by atoms with Crippen molar-refractivity contribution < 1.29 is 24.5 Å². The molecule has 9 heteroatoms. The standard InChI is InChI=1S/C18H12BrClN2O5/c19-14-6-10(7-15(20)17(14)27-9-16(24)25)5-11(8-21)18(26)22-12-1-3-13(23)4-2-12/h1-7,23H,9H2,(H,22,26)(H,24,25)/b11-5-. The fraction of sp³-hybridized carbons (Fsp3) is 0.0556. The predicted octanol–water partition coefficient (Wildman–Crippen LogP) is 3.82. The summed E-state index contributed by atoms with van der Waals surface area (Å²) in [5, 5.41) is 29.8. The Morgan fingerprint density at radius 1 is 1.30 bits per heavy atom. The number of carboxylic acid groups (broad SMARTS) is 1. The number of phenolic OH excluding ortho intramolecular Hbond substituents is 1. The Bertz CT molecular complexity index is 928. The highest BCUT2D eigenvalue weighted by molar-refractivity contribution is 9.10. The second-order valence-electron chi connectivity index (χ2n) is 5.17. The van der Waals surface area contributed by atoms with Crippen LogP contribution in [0.3, 0.4) is 0 Å². The molecular formula is C18H12BrClN2O5. The summed E-state index contributed by atoms with van der Waals surface area (Å²) in [6, 6.07) is 10.6. The number of carbonyl (C=O) groups excluding carboxylic acids is 1. The Labute approximate surface area is 167 Å². The second-order valence-corrected chi connectivity index (χ2v) is 6.43. The molecule has 2 aromatic carbocycles. The molecule has 2 aromatic rings. The molecule has 0 aliphatic rings. The number of anilines is 1. The van der Waals surface area contributed by atoms with Crippen molar-refractivity contribution in [2.45, 2.75) is 0 Å². The van der Waals surface area contributed by atoms with Gasteiger partial charge in [-0.15, -0.1) is 0 Å². The average molecular weight is 452 g/mol. The molecule has 138 valence electrons. The lowest BCUT2D eigenvalue weighted by Crippen LogP contribution is -2.13. The molecule has 0 fully saturated rings. The fourth-order valence-corrected chi connectivity index (χ4v) is 2.98. The summed E-state index contributed by atoms with van der Waals surface area (Å²) in [4.78, 5) is 22.9. The lowest BCUT2D eigenvalue weighted by Gasteiger charge is -2.09. The largest absolute Gasteiger partial charge is 0.508 e. The van der Waals surface area contributed by atoms with Crippen LogP contribution in [0, 0.1) is 11.3 Å². The van der Waals surface area contributed by atoms with Gasteiger partial charge in [-0.1, -0.05) is 11.6 Å². The summed E-state index contributed by atoms with van der Waals surface area (Å²) >= 11 is 9.30. The van der Waals surface area contributed by atoms with Gasteiger partial charge in [0.1, 0.15) is 17.4 Å². The first-order valence-corrected chi connectivity index (χ1v) is 8.53. The number of phenols is 1. The average Bonchev–Trinajstić information content (AvgIpc) is 2.60.